The van der Waals surface area contributed by atoms with E-state index in [4.69, 9.17) is 9.47 Å². The Kier molecular flexibility index (Phi) is 10.2. The number of carbonyl (C=O) groups is 1. The minimum atomic E-state index is -0.508. The van der Waals surface area contributed by atoms with Crippen molar-refractivity contribution in [3.8, 4) is 0 Å². The molecule has 0 aromatic carbocycles. The quantitative estimate of drug-likeness (QED) is 0.415. The maximum atomic E-state index is 12.7. The molecule has 1 aromatic rings. The molecule has 1 unspecified atom stereocenters. The first-order chi connectivity index (χ1) is 14.4. The Labute approximate surface area is 181 Å². The topological polar surface area (TPSA) is 63.7 Å². The van der Waals surface area contributed by atoms with Crippen molar-refractivity contribution < 1.29 is 14.3 Å². The Balaban J connectivity index is 2.19. The van der Waals surface area contributed by atoms with Crippen LogP contribution in [-0.4, -0.2) is 61.3 Å². The van der Waals surface area contributed by atoms with Crippen LogP contribution in [0.3, 0.4) is 0 Å². The van der Waals surface area contributed by atoms with Crippen molar-refractivity contribution in [1.29, 1.82) is 0 Å². The number of aromatic nitrogens is 1. The number of rotatable bonds is 12. The highest BCUT2D eigenvalue weighted by atomic mass is 16.6. The number of carbonyl (C=O) groups excluding carboxylic acids is 1. The van der Waals surface area contributed by atoms with Crippen LogP contribution in [0.5, 0.6) is 0 Å². The lowest BCUT2D eigenvalue weighted by Crippen LogP contribution is -2.41. The van der Waals surface area contributed by atoms with Crippen LogP contribution >= 0.6 is 0 Å². The van der Waals surface area contributed by atoms with Gasteiger partial charge in [0.1, 0.15) is 5.60 Å². The molecule has 0 spiro atoms. The monoisotopic (exact) mass is 415 g/mol. The molecule has 1 heterocycles. The SMILES string of the molecule is COCCCNCCN(CC(=O)OC(C)(C)C)C(C1=CCCC=C1)c1ccccn1. The first-order valence-electron chi connectivity index (χ1n) is 10.8. The minimum absolute atomic E-state index is 0.0870. The summed E-state index contributed by atoms with van der Waals surface area (Å²) in [6.07, 6.45) is 11.4. The zero-order valence-electron chi connectivity index (χ0n) is 18.9. The second-order valence-corrected chi connectivity index (χ2v) is 8.49. The molecule has 0 radical (unpaired) electrons. The molecule has 1 N–H and O–H groups in total. The molecule has 1 aliphatic carbocycles. The van der Waals surface area contributed by atoms with Gasteiger partial charge >= 0.3 is 5.97 Å². The summed E-state index contributed by atoms with van der Waals surface area (Å²) >= 11 is 0. The van der Waals surface area contributed by atoms with E-state index < -0.39 is 5.60 Å². The molecular formula is C24H37N3O3. The maximum Gasteiger partial charge on any atom is 0.320 e. The van der Waals surface area contributed by atoms with Gasteiger partial charge in [-0.1, -0.05) is 24.3 Å². The van der Waals surface area contributed by atoms with Crippen molar-refractivity contribution in [2.75, 3.05) is 39.9 Å². The third-order valence-corrected chi connectivity index (χ3v) is 4.70. The Hall–Kier alpha value is -2.02. The van der Waals surface area contributed by atoms with E-state index in [2.05, 4.69) is 33.4 Å². The molecule has 0 fully saturated rings. The van der Waals surface area contributed by atoms with E-state index in [0.717, 1.165) is 44.7 Å². The highest BCUT2D eigenvalue weighted by Gasteiger charge is 2.28. The van der Waals surface area contributed by atoms with E-state index in [0.29, 0.717) is 6.54 Å². The van der Waals surface area contributed by atoms with Gasteiger partial charge in [-0.05, 0) is 64.3 Å². The van der Waals surface area contributed by atoms with Crippen LogP contribution in [0.4, 0.5) is 0 Å². The summed E-state index contributed by atoms with van der Waals surface area (Å²) in [5.41, 5.74) is 1.62. The molecule has 1 aliphatic rings. The lowest BCUT2D eigenvalue weighted by atomic mass is 9.95. The van der Waals surface area contributed by atoms with Gasteiger partial charge in [-0.2, -0.15) is 0 Å². The van der Waals surface area contributed by atoms with Crippen molar-refractivity contribution in [1.82, 2.24) is 15.2 Å². The lowest BCUT2D eigenvalue weighted by molar-refractivity contribution is -0.156. The van der Waals surface area contributed by atoms with Crippen LogP contribution in [0, 0.1) is 0 Å². The van der Waals surface area contributed by atoms with Crippen molar-refractivity contribution in [2.24, 2.45) is 0 Å². The smallest absolute Gasteiger partial charge is 0.320 e. The van der Waals surface area contributed by atoms with Crippen molar-refractivity contribution in [3.63, 3.8) is 0 Å². The highest BCUT2D eigenvalue weighted by molar-refractivity contribution is 5.72. The molecule has 0 saturated carbocycles. The summed E-state index contributed by atoms with van der Waals surface area (Å²) in [5, 5.41) is 3.45. The van der Waals surface area contributed by atoms with E-state index >= 15 is 0 Å². The Bertz CT molecular complexity index is 695. The third kappa shape index (κ3) is 8.78. The molecule has 6 heteroatoms. The summed E-state index contributed by atoms with van der Waals surface area (Å²) in [4.78, 5) is 19.5. The predicted octanol–water partition coefficient (Wildman–Crippen LogP) is 3.67. The van der Waals surface area contributed by atoms with E-state index in [-0.39, 0.29) is 18.6 Å². The van der Waals surface area contributed by atoms with Gasteiger partial charge in [-0.3, -0.25) is 14.7 Å². The standard InChI is InChI=1S/C24H37N3O3/c1-24(2,3)30-22(28)19-27(17-16-25-14-10-18-29-4)23(20-11-6-5-7-12-20)21-13-8-9-15-26-21/h6,8-9,11-13,15,23,25H,5,7,10,14,16-19H2,1-4H3. The van der Waals surface area contributed by atoms with E-state index in [1.165, 1.54) is 5.57 Å². The normalized spacial score (nSPS) is 15.2. The van der Waals surface area contributed by atoms with Crippen LogP contribution in [0.2, 0.25) is 0 Å². The third-order valence-electron chi connectivity index (χ3n) is 4.70. The van der Waals surface area contributed by atoms with Crippen molar-refractivity contribution in [3.05, 3.63) is 53.9 Å². The van der Waals surface area contributed by atoms with Crippen LogP contribution in [0.25, 0.3) is 0 Å². The molecule has 1 aromatic heterocycles. The summed E-state index contributed by atoms with van der Waals surface area (Å²) in [6, 6.07) is 5.86. The molecule has 30 heavy (non-hydrogen) atoms. The average Bonchev–Trinajstić information content (AvgIpc) is 2.71. The van der Waals surface area contributed by atoms with Gasteiger partial charge in [0.25, 0.3) is 0 Å². The van der Waals surface area contributed by atoms with Gasteiger partial charge in [0.15, 0.2) is 0 Å². The summed E-state index contributed by atoms with van der Waals surface area (Å²) in [6.45, 7) is 9.00. The maximum absolute atomic E-state index is 12.7. The molecule has 166 valence electrons. The van der Waals surface area contributed by atoms with E-state index in [9.17, 15) is 4.79 Å². The minimum Gasteiger partial charge on any atom is -0.459 e. The number of esters is 1. The average molecular weight is 416 g/mol. The zero-order chi connectivity index (χ0) is 21.8. The molecule has 0 amide bonds. The predicted molar refractivity (Wildman–Crippen MR) is 120 cm³/mol. The largest absolute Gasteiger partial charge is 0.459 e. The first-order valence-corrected chi connectivity index (χ1v) is 10.8. The fourth-order valence-corrected chi connectivity index (χ4v) is 3.47. The molecule has 0 bridgehead atoms. The van der Waals surface area contributed by atoms with Gasteiger partial charge in [0.05, 0.1) is 18.3 Å². The van der Waals surface area contributed by atoms with E-state index in [1.807, 2.05) is 45.2 Å². The van der Waals surface area contributed by atoms with Gasteiger partial charge < -0.3 is 14.8 Å². The van der Waals surface area contributed by atoms with Crippen LogP contribution in [0.1, 0.15) is 51.8 Å². The molecule has 0 aliphatic heterocycles. The Morgan fingerprint density at radius 2 is 2.10 bits per heavy atom. The van der Waals surface area contributed by atoms with Crippen LogP contribution in [0.15, 0.2) is 48.2 Å². The van der Waals surface area contributed by atoms with Crippen molar-refractivity contribution in [2.45, 2.75) is 51.7 Å². The Morgan fingerprint density at radius 3 is 2.73 bits per heavy atom. The number of hydrogen-bond donors (Lipinski definition) is 1. The number of pyridine rings is 1. The van der Waals surface area contributed by atoms with Gasteiger partial charge in [-0.25, -0.2) is 0 Å². The van der Waals surface area contributed by atoms with E-state index in [1.54, 1.807) is 7.11 Å². The van der Waals surface area contributed by atoms with Gasteiger partial charge in [-0.15, -0.1) is 0 Å². The molecular weight excluding hydrogens is 378 g/mol. The number of ether oxygens (including phenoxy) is 2. The first kappa shape index (κ1) is 24.3. The Morgan fingerprint density at radius 1 is 1.27 bits per heavy atom. The zero-order valence-corrected chi connectivity index (χ0v) is 18.9. The van der Waals surface area contributed by atoms with Crippen LogP contribution in [-0.2, 0) is 14.3 Å². The molecule has 2 rings (SSSR count). The van der Waals surface area contributed by atoms with Gasteiger partial charge in [0, 0.05) is 33.0 Å². The molecule has 6 nitrogen and oxygen atoms in total. The number of nitrogens with zero attached hydrogens (tertiary/aromatic N) is 2. The summed E-state index contributed by atoms with van der Waals surface area (Å²) in [7, 11) is 1.71. The second kappa shape index (κ2) is 12.6. The number of allylic oxidation sites excluding steroid dienone is 2. The van der Waals surface area contributed by atoms with Gasteiger partial charge in [0.2, 0.25) is 0 Å². The lowest BCUT2D eigenvalue weighted by Gasteiger charge is -2.33. The fraction of sp³-hybridized carbons (Fsp3) is 0.583. The van der Waals surface area contributed by atoms with Crippen molar-refractivity contribution >= 4 is 5.97 Å². The summed E-state index contributed by atoms with van der Waals surface area (Å²) in [5.74, 6) is -0.219. The number of hydrogen-bond acceptors (Lipinski definition) is 6. The summed E-state index contributed by atoms with van der Waals surface area (Å²) < 4.78 is 10.7. The molecule has 1 atom stereocenters. The number of methoxy groups -OCH3 is 1. The number of nitrogens with one attached hydrogen (secondary N) is 1. The second-order valence-electron chi connectivity index (χ2n) is 8.49. The highest BCUT2D eigenvalue weighted by Crippen LogP contribution is 2.30. The molecule has 0 saturated heterocycles. The van der Waals surface area contributed by atoms with Crippen LogP contribution < -0.4 is 5.32 Å². The fourth-order valence-electron chi connectivity index (χ4n) is 3.47.